The Balaban J connectivity index is 3.07. The lowest BCUT2D eigenvalue weighted by Gasteiger charge is -2.26. The van der Waals surface area contributed by atoms with Gasteiger partial charge in [0, 0.05) is 12.8 Å². The number of hydrogen-bond donors (Lipinski definition) is 0. The maximum absolute atomic E-state index is 12.0. The van der Waals surface area contributed by atoms with Gasteiger partial charge in [0.15, 0.2) is 10.5 Å². The fourth-order valence-corrected chi connectivity index (χ4v) is 2.79. The van der Waals surface area contributed by atoms with Gasteiger partial charge >= 0.3 is 5.97 Å². The van der Waals surface area contributed by atoms with Crippen molar-refractivity contribution >= 4 is 23.5 Å². The molecule has 0 aromatic heterocycles. The first-order valence-corrected chi connectivity index (χ1v) is 6.12. The summed E-state index contributed by atoms with van der Waals surface area (Å²) < 4.78 is 3.74. The van der Waals surface area contributed by atoms with Crippen LogP contribution >= 0.6 is 11.8 Å². The smallest absolute Gasteiger partial charge is 0.329 e. The Bertz CT molecular complexity index is 309. The van der Waals surface area contributed by atoms with Crippen molar-refractivity contribution in [1.82, 2.24) is 0 Å². The Morgan fingerprint density at radius 3 is 2.80 bits per heavy atom. The van der Waals surface area contributed by atoms with Crippen LogP contribution in [0.2, 0.25) is 0 Å². The number of methoxy groups -OCH3 is 1. The highest BCUT2D eigenvalue weighted by atomic mass is 32.2. The molecule has 1 aliphatic rings. The quantitative estimate of drug-likeness (QED) is 0.412. The zero-order valence-electron chi connectivity index (χ0n) is 9.33. The first-order valence-electron chi connectivity index (χ1n) is 4.89. The van der Waals surface area contributed by atoms with Gasteiger partial charge in [-0.3, -0.25) is 9.59 Å². The monoisotopic (exact) mass is 228 g/mol. The molecule has 0 aliphatic heterocycles. The van der Waals surface area contributed by atoms with E-state index in [0.29, 0.717) is 12.8 Å². The van der Waals surface area contributed by atoms with Crippen molar-refractivity contribution in [2.75, 3.05) is 13.4 Å². The van der Waals surface area contributed by atoms with Gasteiger partial charge in [0.1, 0.15) is 0 Å². The van der Waals surface area contributed by atoms with Crippen molar-refractivity contribution in [3.8, 4) is 0 Å². The van der Waals surface area contributed by atoms with E-state index in [2.05, 4.69) is 0 Å². The van der Waals surface area contributed by atoms with E-state index in [-0.39, 0.29) is 5.78 Å². The number of rotatable bonds is 2. The van der Waals surface area contributed by atoms with Crippen molar-refractivity contribution in [2.24, 2.45) is 0 Å². The Morgan fingerprint density at radius 2 is 2.27 bits per heavy atom. The fourth-order valence-electron chi connectivity index (χ4n) is 1.84. The fraction of sp³-hybridized carbons (Fsp3) is 0.636. The number of thioether (sulfide) groups is 1. The van der Waals surface area contributed by atoms with E-state index in [1.165, 1.54) is 18.9 Å². The third-order valence-electron chi connectivity index (χ3n) is 2.71. The molecular formula is C11H16O3S. The van der Waals surface area contributed by atoms with E-state index in [0.717, 1.165) is 12.0 Å². The number of Topliss-reactive ketones (excluding diaryl/α,β-unsaturated/α-hetero) is 1. The second-order valence-corrected chi connectivity index (χ2v) is 4.82. The van der Waals surface area contributed by atoms with Crippen LogP contribution in [0.4, 0.5) is 0 Å². The van der Waals surface area contributed by atoms with Crippen molar-refractivity contribution < 1.29 is 14.3 Å². The highest BCUT2D eigenvalue weighted by molar-refractivity contribution is 8.01. The molecule has 1 atom stereocenters. The molecule has 1 aliphatic carbocycles. The molecule has 0 spiro atoms. The summed E-state index contributed by atoms with van der Waals surface area (Å²) >= 11 is 1.29. The van der Waals surface area contributed by atoms with Crippen LogP contribution in [0.1, 0.15) is 26.2 Å². The summed E-state index contributed by atoms with van der Waals surface area (Å²) in [6, 6.07) is 0. The minimum absolute atomic E-state index is 0.0186. The van der Waals surface area contributed by atoms with Crippen molar-refractivity contribution in [3.05, 3.63) is 11.6 Å². The van der Waals surface area contributed by atoms with Crippen LogP contribution in [0.5, 0.6) is 0 Å². The van der Waals surface area contributed by atoms with E-state index < -0.39 is 10.7 Å². The lowest BCUT2D eigenvalue weighted by Crippen LogP contribution is -2.43. The lowest BCUT2D eigenvalue weighted by molar-refractivity contribution is -0.147. The van der Waals surface area contributed by atoms with Gasteiger partial charge in [-0.15, -0.1) is 11.8 Å². The van der Waals surface area contributed by atoms with Crippen LogP contribution < -0.4 is 0 Å². The van der Waals surface area contributed by atoms with Crippen molar-refractivity contribution in [3.63, 3.8) is 0 Å². The minimum Gasteiger partial charge on any atom is -0.468 e. The molecule has 0 fully saturated rings. The Labute approximate surface area is 94.3 Å². The summed E-state index contributed by atoms with van der Waals surface area (Å²) in [6.45, 7) is 1.95. The topological polar surface area (TPSA) is 43.4 Å². The molecule has 4 heteroatoms. The van der Waals surface area contributed by atoms with Crippen LogP contribution in [0.3, 0.4) is 0 Å². The van der Waals surface area contributed by atoms with Crippen molar-refractivity contribution in [2.45, 2.75) is 30.9 Å². The van der Waals surface area contributed by atoms with E-state index in [4.69, 9.17) is 4.74 Å². The van der Waals surface area contributed by atoms with Crippen LogP contribution in [-0.2, 0) is 14.3 Å². The van der Waals surface area contributed by atoms with Crippen molar-refractivity contribution in [1.29, 1.82) is 0 Å². The van der Waals surface area contributed by atoms with E-state index in [9.17, 15) is 9.59 Å². The molecule has 1 unspecified atom stereocenters. The number of carbonyl (C=O) groups is 2. The third-order valence-corrected chi connectivity index (χ3v) is 3.94. The SMILES string of the molecule is COC(=O)C1(SC)CC(C)=CCCC1=O. The van der Waals surface area contributed by atoms with Gasteiger partial charge in [0.2, 0.25) is 0 Å². The Morgan fingerprint density at radius 1 is 1.60 bits per heavy atom. The van der Waals surface area contributed by atoms with E-state index >= 15 is 0 Å². The molecule has 1 rings (SSSR count). The van der Waals surface area contributed by atoms with Gasteiger partial charge in [0.05, 0.1) is 7.11 Å². The van der Waals surface area contributed by atoms with Gasteiger partial charge < -0.3 is 4.74 Å². The molecule has 0 bridgehead atoms. The predicted octanol–water partition coefficient (Wildman–Crippen LogP) is 1.96. The van der Waals surface area contributed by atoms with E-state index in [1.807, 2.05) is 13.0 Å². The zero-order valence-corrected chi connectivity index (χ0v) is 10.1. The molecule has 0 heterocycles. The lowest BCUT2D eigenvalue weighted by atomic mass is 9.95. The second-order valence-electron chi connectivity index (χ2n) is 3.71. The number of ether oxygens (including phenoxy) is 1. The largest absolute Gasteiger partial charge is 0.468 e. The molecule has 0 saturated heterocycles. The molecule has 0 radical (unpaired) electrons. The van der Waals surface area contributed by atoms with E-state index in [1.54, 1.807) is 6.26 Å². The van der Waals surface area contributed by atoms with Crippen LogP contribution in [0.25, 0.3) is 0 Å². The van der Waals surface area contributed by atoms with Gasteiger partial charge in [-0.05, 0) is 19.6 Å². The standard InChI is InChI=1S/C11H16O3S/c1-8-5-4-6-9(12)11(7-8,15-3)10(13)14-2/h5H,4,6-7H2,1-3H3. The summed E-state index contributed by atoms with van der Waals surface area (Å²) in [5.74, 6) is -0.440. The summed E-state index contributed by atoms with van der Waals surface area (Å²) in [5, 5.41) is 0. The molecule has 0 amide bonds. The molecule has 0 aromatic carbocycles. The predicted molar refractivity (Wildman–Crippen MR) is 60.9 cm³/mol. The average molecular weight is 228 g/mol. The molecule has 0 N–H and O–H groups in total. The molecule has 15 heavy (non-hydrogen) atoms. The molecule has 84 valence electrons. The average Bonchev–Trinajstić information content (AvgIpc) is 2.37. The van der Waals surface area contributed by atoms with Gasteiger partial charge in [-0.25, -0.2) is 0 Å². The molecule has 0 aromatic rings. The maximum atomic E-state index is 12.0. The summed E-state index contributed by atoms with van der Waals surface area (Å²) in [4.78, 5) is 23.7. The third kappa shape index (κ3) is 2.25. The summed E-state index contributed by atoms with van der Waals surface area (Å²) in [6.07, 6.45) is 5.43. The molecule has 0 saturated carbocycles. The first kappa shape index (κ1) is 12.3. The number of allylic oxidation sites excluding steroid dienone is 2. The van der Waals surface area contributed by atoms with Gasteiger partial charge in [-0.2, -0.15) is 0 Å². The normalized spacial score (nSPS) is 26.9. The second kappa shape index (κ2) is 4.84. The Kier molecular flexibility index (Phi) is 3.97. The van der Waals surface area contributed by atoms with Gasteiger partial charge in [-0.1, -0.05) is 11.6 Å². The summed E-state index contributed by atoms with van der Waals surface area (Å²) in [7, 11) is 1.33. The maximum Gasteiger partial charge on any atom is 0.329 e. The summed E-state index contributed by atoms with van der Waals surface area (Å²) in [5.41, 5.74) is 1.08. The Hall–Kier alpha value is -0.770. The number of carbonyl (C=O) groups excluding carboxylic acids is 2. The first-order chi connectivity index (χ1) is 7.06. The molecule has 3 nitrogen and oxygen atoms in total. The van der Waals surface area contributed by atoms with Gasteiger partial charge in [0.25, 0.3) is 0 Å². The zero-order chi connectivity index (χ0) is 11.5. The number of hydrogen-bond acceptors (Lipinski definition) is 4. The highest BCUT2D eigenvalue weighted by Gasteiger charge is 2.46. The molecular weight excluding hydrogens is 212 g/mol. The van der Waals surface area contributed by atoms with Crippen LogP contribution in [0.15, 0.2) is 11.6 Å². The number of ketones is 1. The number of esters is 1. The minimum atomic E-state index is -1.01. The highest BCUT2D eigenvalue weighted by Crippen LogP contribution is 2.36. The van der Waals surface area contributed by atoms with Crippen LogP contribution in [0, 0.1) is 0 Å². The van der Waals surface area contributed by atoms with Crippen LogP contribution in [-0.4, -0.2) is 29.9 Å².